The first-order valence-electron chi connectivity index (χ1n) is 5.32. The van der Waals surface area contributed by atoms with Gasteiger partial charge in [0.15, 0.2) is 0 Å². The van der Waals surface area contributed by atoms with Crippen LogP contribution in [-0.2, 0) is 0 Å². The first-order valence-corrected chi connectivity index (χ1v) is 6.14. The monoisotopic (exact) mass is 236 g/mol. The van der Waals surface area contributed by atoms with E-state index in [1.807, 2.05) is 14.1 Å². The molecule has 0 fully saturated rings. The molecular formula is C11H16N4S. The van der Waals surface area contributed by atoms with Crippen LogP contribution >= 0.6 is 11.3 Å². The normalized spacial score (nSPS) is 10.8. The van der Waals surface area contributed by atoms with Gasteiger partial charge in [0, 0.05) is 25.5 Å². The number of nitrogens with zero attached hydrogens (tertiary/aromatic N) is 3. The van der Waals surface area contributed by atoms with Gasteiger partial charge in [0.1, 0.15) is 10.6 Å². The van der Waals surface area contributed by atoms with E-state index in [2.05, 4.69) is 40.1 Å². The molecule has 0 aromatic carbocycles. The standard InChI is InChI=1S/C11H16N4S/c1-5-15(4)9-8-6-7(2)16-10(8)14-11(12-3)13-9/h6H,5H2,1-4H3,(H,12,13,14). The van der Waals surface area contributed by atoms with Crippen molar-refractivity contribution in [2.24, 2.45) is 0 Å². The minimum absolute atomic E-state index is 0.685. The minimum Gasteiger partial charge on any atom is -0.359 e. The van der Waals surface area contributed by atoms with Crippen LogP contribution in [0.1, 0.15) is 11.8 Å². The lowest BCUT2D eigenvalue weighted by Crippen LogP contribution is -2.18. The molecule has 0 atom stereocenters. The molecule has 2 heterocycles. The van der Waals surface area contributed by atoms with Crippen molar-refractivity contribution >= 4 is 33.3 Å². The average Bonchev–Trinajstić information content (AvgIpc) is 2.66. The summed E-state index contributed by atoms with van der Waals surface area (Å²) in [6.45, 7) is 5.15. The van der Waals surface area contributed by atoms with E-state index in [9.17, 15) is 0 Å². The summed E-state index contributed by atoms with van der Waals surface area (Å²) in [4.78, 5) is 13.4. The molecular weight excluding hydrogens is 220 g/mol. The zero-order chi connectivity index (χ0) is 11.7. The summed E-state index contributed by atoms with van der Waals surface area (Å²) < 4.78 is 0. The fourth-order valence-corrected chi connectivity index (χ4v) is 2.45. The highest BCUT2D eigenvalue weighted by atomic mass is 32.1. The second-order valence-electron chi connectivity index (χ2n) is 3.71. The average molecular weight is 236 g/mol. The van der Waals surface area contributed by atoms with Gasteiger partial charge in [-0.15, -0.1) is 11.3 Å². The molecule has 5 heteroatoms. The van der Waals surface area contributed by atoms with Crippen molar-refractivity contribution in [2.75, 3.05) is 30.9 Å². The lowest BCUT2D eigenvalue weighted by molar-refractivity contribution is 0.942. The molecule has 0 aliphatic rings. The smallest absolute Gasteiger partial charge is 0.225 e. The lowest BCUT2D eigenvalue weighted by atomic mass is 10.3. The molecule has 0 amide bonds. The number of nitrogens with one attached hydrogen (secondary N) is 1. The Morgan fingerprint density at radius 2 is 2.19 bits per heavy atom. The second-order valence-corrected chi connectivity index (χ2v) is 4.95. The van der Waals surface area contributed by atoms with Crippen molar-refractivity contribution in [1.29, 1.82) is 0 Å². The zero-order valence-corrected chi connectivity index (χ0v) is 10.9. The van der Waals surface area contributed by atoms with Crippen LogP contribution in [0.25, 0.3) is 10.2 Å². The summed E-state index contributed by atoms with van der Waals surface area (Å²) in [6.07, 6.45) is 0. The number of hydrogen-bond acceptors (Lipinski definition) is 5. The van der Waals surface area contributed by atoms with Gasteiger partial charge < -0.3 is 10.2 Å². The topological polar surface area (TPSA) is 41.1 Å². The van der Waals surface area contributed by atoms with Gasteiger partial charge in [-0.2, -0.15) is 4.98 Å². The van der Waals surface area contributed by atoms with E-state index in [0.717, 1.165) is 22.6 Å². The molecule has 16 heavy (non-hydrogen) atoms. The van der Waals surface area contributed by atoms with Crippen molar-refractivity contribution in [3.8, 4) is 0 Å². The third-order valence-electron chi connectivity index (χ3n) is 2.56. The number of rotatable bonds is 3. The molecule has 4 nitrogen and oxygen atoms in total. The van der Waals surface area contributed by atoms with E-state index in [0.29, 0.717) is 5.95 Å². The Labute approximate surface area is 99.3 Å². The fourth-order valence-electron chi connectivity index (χ4n) is 1.58. The number of aromatic nitrogens is 2. The van der Waals surface area contributed by atoms with Crippen molar-refractivity contribution < 1.29 is 0 Å². The predicted octanol–water partition coefficient (Wildman–Crippen LogP) is 2.50. The number of thiophene rings is 1. The Hall–Kier alpha value is -1.36. The molecule has 0 saturated carbocycles. The summed E-state index contributed by atoms with van der Waals surface area (Å²) in [5, 5.41) is 4.15. The predicted molar refractivity (Wildman–Crippen MR) is 70.6 cm³/mol. The first kappa shape index (κ1) is 11.1. The summed E-state index contributed by atoms with van der Waals surface area (Å²) in [5.74, 6) is 1.69. The van der Waals surface area contributed by atoms with Crippen molar-refractivity contribution in [2.45, 2.75) is 13.8 Å². The highest BCUT2D eigenvalue weighted by Crippen LogP contribution is 2.30. The Morgan fingerprint density at radius 1 is 1.44 bits per heavy atom. The quantitative estimate of drug-likeness (QED) is 0.889. The van der Waals surface area contributed by atoms with Crippen molar-refractivity contribution in [3.05, 3.63) is 10.9 Å². The number of hydrogen-bond donors (Lipinski definition) is 1. The van der Waals surface area contributed by atoms with E-state index in [1.54, 1.807) is 11.3 Å². The number of aryl methyl sites for hydroxylation is 1. The van der Waals surface area contributed by atoms with Crippen LogP contribution in [0.15, 0.2) is 6.07 Å². The molecule has 0 aliphatic heterocycles. The van der Waals surface area contributed by atoms with Gasteiger partial charge >= 0.3 is 0 Å². The van der Waals surface area contributed by atoms with E-state index in [1.165, 1.54) is 4.88 Å². The van der Waals surface area contributed by atoms with Crippen LogP contribution in [0, 0.1) is 6.92 Å². The summed E-state index contributed by atoms with van der Waals surface area (Å²) >= 11 is 1.71. The molecule has 0 unspecified atom stereocenters. The fraction of sp³-hybridized carbons (Fsp3) is 0.455. The van der Waals surface area contributed by atoms with Gasteiger partial charge in [-0.05, 0) is 19.9 Å². The Balaban J connectivity index is 2.67. The maximum absolute atomic E-state index is 4.51. The van der Waals surface area contributed by atoms with Gasteiger partial charge in [-0.25, -0.2) is 4.98 Å². The molecule has 0 aliphatic carbocycles. The highest BCUT2D eigenvalue weighted by molar-refractivity contribution is 7.18. The zero-order valence-electron chi connectivity index (χ0n) is 10.0. The largest absolute Gasteiger partial charge is 0.359 e. The maximum Gasteiger partial charge on any atom is 0.225 e. The molecule has 2 aromatic rings. The molecule has 0 radical (unpaired) electrons. The SMILES string of the molecule is CCN(C)c1nc(NC)nc2sc(C)cc12. The lowest BCUT2D eigenvalue weighted by Gasteiger charge is -2.16. The number of fused-ring (bicyclic) bond motifs is 1. The van der Waals surface area contributed by atoms with Crippen LogP contribution in [0.3, 0.4) is 0 Å². The van der Waals surface area contributed by atoms with Crippen LogP contribution in [-0.4, -0.2) is 30.6 Å². The van der Waals surface area contributed by atoms with Crippen LogP contribution in [0.4, 0.5) is 11.8 Å². The molecule has 1 N–H and O–H groups in total. The van der Waals surface area contributed by atoms with Crippen molar-refractivity contribution in [3.63, 3.8) is 0 Å². The van der Waals surface area contributed by atoms with Crippen LogP contribution < -0.4 is 10.2 Å². The molecule has 86 valence electrons. The molecule has 0 spiro atoms. The van der Waals surface area contributed by atoms with E-state index >= 15 is 0 Å². The van der Waals surface area contributed by atoms with Crippen LogP contribution in [0.5, 0.6) is 0 Å². The summed E-state index contributed by atoms with van der Waals surface area (Å²) in [7, 11) is 3.89. The Kier molecular flexibility index (Phi) is 2.96. The minimum atomic E-state index is 0.685. The maximum atomic E-state index is 4.51. The van der Waals surface area contributed by atoms with E-state index in [-0.39, 0.29) is 0 Å². The van der Waals surface area contributed by atoms with Gasteiger partial charge in [0.25, 0.3) is 0 Å². The molecule has 0 bridgehead atoms. The van der Waals surface area contributed by atoms with Crippen LogP contribution in [0.2, 0.25) is 0 Å². The molecule has 2 rings (SSSR count). The van der Waals surface area contributed by atoms with Gasteiger partial charge in [0.05, 0.1) is 5.39 Å². The van der Waals surface area contributed by atoms with Gasteiger partial charge in [-0.1, -0.05) is 0 Å². The second kappa shape index (κ2) is 4.25. The third-order valence-corrected chi connectivity index (χ3v) is 3.50. The Bertz CT molecular complexity index is 506. The molecule has 0 saturated heterocycles. The van der Waals surface area contributed by atoms with E-state index in [4.69, 9.17) is 0 Å². The highest BCUT2D eigenvalue weighted by Gasteiger charge is 2.12. The first-order chi connectivity index (χ1) is 7.65. The summed E-state index contributed by atoms with van der Waals surface area (Å²) in [5.41, 5.74) is 0. The third kappa shape index (κ3) is 1.82. The van der Waals surface area contributed by atoms with Gasteiger partial charge in [-0.3, -0.25) is 0 Å². The molecule has 2 aromatic heterocycles. The number of anilines is 2. The Morgan fingerprint density at radius 3 is 2.81 bits per heavy atom. The van der Waals surface area contributed by atoms with Gasteiger partial charge in [0.2, 0.25) is 5.95 Å². The van der Waals surface area contributed by atoms with Crippen molar-refractivity contribution in [1.82, 2.24) is 9.97 Å². The van der Waals surface area contributed by atoms with E-state index < -0.39 is 0 Å². The summed E-state index contributed by atoms with van der Waals surface area (Å²) in [6, 6.07) is 2.15.